The summed E-state index contributed by atoms with van der Waals surface area (Å²) in [7, 11) is 0. The van der Waals surface area contributed by atoms with Crippen LogP contribution in [0.5, 0.6) is 0 Å². The second-order valence-electron chi connectivity index (χ2n) is 6.89. The SMILES string of the molecule is N#Cc1ccc2c(ccn2-c2ccc(NC(=O)Nc3ccc(Cl)c(C(F)(F)F)c3)cc2)c1. The van der Waals surface area contributed by atoms with E-state index in [4.69, 9.17) is 16.9 Å². The Morgan fingerprint density at radius 3 is 2.31 bits per heavy atom. The van der Waals surface area contributed by atoms with Crippen molar-refractivity contribution in [1.29, 1.82) is 5.26 Å². The molecule has 0 atom stereocenters. The zero-order valence-corrected chi connectivity index (χ0v) is 17.0. The Hall–Kier alpha value is -3.96. The number of carbonyl (C=O) groups excluding carboxylic acids is 1. The molecule has 0 aliphatic heterocycles. The first-order chi connectivity index (χ1) is 15.2. The summed E-state index contributed by atoms with van der Waals surface area (Å²) in [6.45, 7) is 0. The van der Waals surface area contributed by atoms with Gasteiger partial charge in [-0.05, 0) is 66.7 Å². The van der Waals surface area contributed by atoms with Gasteiger partial charge in [0, 0.05) is 28.6 Å². The van der Waals surface area contributed by atoms with E-state index in [-0.39, 0.29) is 5.69 Å². The van der Waals surface area contributed by atoms with Crippen molar-refractivity contribution in [3.8, 4) is 11.8 Å². The summed E-state index contributed by atoms with van der Waals surface area (Å²) in [6.07, 6.45) is -2.75. The molecule has 0 aliphatic carbocycles. The number of alkyl halides is 3. The first-order valence-corrected chi connectivity index (χ1v) is 9.69. The van der Waals surface area contributed by atoms with E-state index in [0.29, 0.717) is 11.3 Å². The van der Waals surface area contributed by atoms with Gasteiger partial charge in [0.1, 0.15) is 0 Å². The molecule has 2 N–H and O–H groups in total. The normalized spacial score (nSPS) is 11.2. The monoisotopic (exact) mass is 454 g/mol. The number of nitrogens with one attached hydrogen (secondary N) is 2. The number of aromatic nitrogens is 1. The van der Waals surface area contributed by atoms with Crippen molar-refractivity contribution in [2.75, 3.05) is 10.6 Å². The number of carbonyl (C=O) groups is 1. The van der Waals surface area contributed by atoms with Crippen LogP contribution in [0.1, 0.15) is 11.1 Å². The van der Waals surface area contributed by atoms with Crippen molar-refractivity contribution in [2.45, 2.75) is 6.18 Å². The predicted octanol–water partition coefficient (Wildman–Crippen LogP) is 6.82. The summed E-state index contributed by atoms with van der Waals surface area (Å²) in [5.41, 5.74) is 1.73. The van der Waals surface area contributed by atoms with Crippen LogP contribution < -0.4 is 10.6 Å². The summed E-state index contributed by atoms with van der Waals surface area (Å²) < 4.78 is 40.9. The van der Waals surface area contributed by atoms with Crippen molar-refractivity contribution in [2.24, 2.45) is 0 Å². The van der Waals surface area contributed by atoms with E-state index in [0.717, 1.165) is 28.7 Å². The molecule has 3 aromatic carbocycles. The molecule has 0 bridgehead atoms. The average molecular weight is 455 g/mol. The van der Waals surface area contributed by atoms with Crippen molar-refractivity contribution in [3.05, 3.63) is 89.1 Å². The van der Waals surface area contributed by atoms with Crippen LogP contribution in [0.25, 0.3) is 16.6 Å². The van der Waals surface area contributed by atoms with Gasteiger partial charge >= 0.3 is 12.2 Å². The van der Waals surface area contributed by atoms with Crippen LogP contribution in [0, 0.1) is 11.3 Å². The molecular weight excluding hydrogens is 441 g/mol. The van der Waals surface area contributed by atoms with Crippen LogP contribution in [0.3, 0.4) is 0 Å². The van der Waals surface area contributed by atoms with Gasteiger partial charge in [0.2, 0.25) is 0 Å². The van der Waals surface area contributed by atoms with E-state index in [1.807, 2.05) is 22.9 Å². The number of halogens is 4. The van der Waals surface area contributed by atoms with E-state index < -0.39 is 22.8 Å². The van der Waals surface area contributed by atoms with E-state index in [2.05, 4.69) is 16.7 Å². The third kappa shape index (κ3) is 4.38. The maximum Gasteiger partial charge on any atom is 0.417 e. The average Bonchev–Trinajstić information content (AvgIpc) is 3.18. The third-order valence-electron chi connectivity index (χ3n) is 4.75. The molecule has 0 aliphatic rings. The smallest absolute Gasteiger partial charge is 0.317 e. The van der Waals surface area contributed by atoms with E-state index in [9.17, 15) is 18.0 Å². The number of hydrogen-bond acceptors (Lipinski definition) is 2. The minimum atomic E-state index is -4.63. The molecule has 0 unspecified atom stereocenters. The van der Waals surface area contributed by atoms with Crippen molar-refractivity contribution in [3.63, 3.8) is 0 Å². The highest BCUT2D eigenvalue weighted by atomic mass is 35.5. The van der Waals surface area contributed by atoms with Gasteiger partial charge in [-0.15, -0.1) is 0 Å². The minimum absolute atomic E-state index is 0.0357. The number of nitriles is 1. The molecule has 0 saturated heterocycles. The molecule has 0 fully saturated rings. The molecule has 1 heterocycles. The Kier molecular flexibility index (Phi) is 5.51. The summed E-state index contributed by atoms with van der Waals surface area (Å²) in [5.74, 6) is 0. The number of nitrogens with zero attached hydrogens (tertiary/aromatic N) is 2. The second-order valence-corrected chi connectivity index (χ2v) is 7.30. The fourth-order valence-corrected chi connectivity index (χ4v) is 3.48. The van der Waals surface area contributed by atoms with E-state index in [1.165, 1.54) is 6.07 Å². The van der Waals surface area contributed by atoms with Crippen molar-refractivity contribution < 1.29 is 18.0 Å². The molecule has 32 heavy (non-hydrogen) atoms. The topological polar surface area (TPSA) is 69.8 Å². The van der Waals surface area contributed by atoms with Gasteiger partial charge < -0.3 is 15.2 Å². The molecule has 9 heteroatoms. The highest BCUT2D eigenvalue weighted by Crippen LogP contribution is 2.36. The molecule has 0 saturated carbocycles. The quantitative estimate of drug-likeness (QED) is 0.356. The molecule has 4 rings (SSSR count). The summed E-state index contributed by atoms with van der Waals surface area (Å²) in [6, 6.07) is 18.8. The number of amides is 2. The number of rotatable bonds is 3. The van der Waals surface area contributed by atoms with Crippen molar-refractivity contribution in [1.82, 2.24) is 4.57 Å². The lowest BCUT2D eigenvalue weighted by Crippen LogP contribution is -2.20. The first kappa shape index (κ1) is 21.3. The second kappa shape index (κ2) is 8.29. The number of fused-ring (bicyclic) bond motifs is 1. The van der Waals surface area contributed by atoms with Gasteiger partial charge in [0.15, 0.2) is 0 Å². The zero-order chi connectivity index (χ0) is 22.9. The van der Waals surface area contributed by atoms with Gasteiger partial charge in [-0.3, -0.25) is 0 Å². The molecule has 1 aromatic heterocycles. The van der Waals surface area contributed by atoms with E-state index in [1.54, 1.807) is 36.4 Å². The highest BCUT2D eigenvalue weighted by molar-refractivity contribution is 6.31. The fraction of sp³-hybridized carbons (Fsp3) is 0.0435. The standard InChI is InChI=1S/C23H14ClF3N4O/c24-20-7-4-17(12-19(20)23(25,26)27)30-22(32)29-16-2-5-18(6-3-16)31-10-9-15-11-14(13-28)1-8-21(15)31/h1-12H,(H2,29,30,32). The molecule has 0 spiro atoms. The molecule has 2 amide bonds. The Morgan fingerprint density at radius 2 is 1.62 bits per heavy atom. The maximum absolute atomic E-state index is 13.0. The predicted molar refractivity (Wildman–Crippen MR) is 117 cm³/mol. The lowest BCUT2D eigenvalue weighted by molar-refractivity contribution is -0.137. The van der Waals surface area contributed by atoms with Crippen LogP contribution in [-0.2, 0) is 6.18 Å². The Morgan fingerprint density at radius 1 is 0.938 bits per heavy atom. The molecular formula is C23H14ClF3N4O. The summed E-state index contributed by atoms with van der Waals surface area (Å²) in [4.78, 5) is 12.2. The number of hydrogen-bond donors (Lipinski definition) is 2. The van der Waals surface area contributed by atoms with Crippen molar-refractivity contribution >= 4 is 39.9 Å². The van der Waals surface area contributed by atoms with Gasteiger partial charge in [0.25, 0.3) is 0 Å². The van der Waals surface area contributed by atoms with Crippen LogP contribution in [0.4, 0.5) is 29.3 Å². The van der Waals surface area contributed by atoms with Crippen LogP contribution in [0.2, 0.25) is 5.02 Å². The largest absolute Gasteiger partial charge is 0.417 e. The molecule has 4 aromatic rings. The summed E-state index contributed by atoms with van der Waals surface area (Å²) in [5, 5.41) is 14.4. The lowest BCUT2D eigenvalue weighted by Gasteiger charge is -2.13. The fourth-order valence-electron chi connectivity index (χ4n) is 3.26. The van der Waals surface area contributed by atoms with Gasteiger partial charge in [-0.25, -0.2) is 4.79 Å². The number of urea groups is 1. The minimum Gasteiger partial charge on any atom is -0.317 e. The maximum atomic E-state index is 13.0. The third-order valence-corrected chi connectivity index (χ3v) is 5.08. The summed E-state index contributed by atoms with van der Waals surface area (Å²) >= 11 is 5.59. The number of anilines is 2. The van der Waals surface area contributed by atoms with Crippen LogP contribution in [0.15, 0.2) is 72.9 Å². The Balaban J connectivity index is 1.48. The first-order valence-electron chi connectivity index (χ1n) is 9.31. The zero-order valence-electron chi connectivity index (χ0n) is 16.2. The Labute approximate surface area is 185 Å². The highest BCUT2D eigenvalue weighted by Gasteiger charge is 2.33. The molecule has 0 radical (unpaired) electrons. The van der Waals surface area contributed by atoms with E-state index >= 15 is 0 Å². The van der Waals surface area contributed by atoms with Crippen LogP contribution in [-0.4, -0.2) is 10.6 Å². The number of benzene rings is 3. The lowest BCUT2D eigenvalue weighted by atomic mass is 10.2. The van der Waals surface area contributed by atoms with Gasteiger partial charge in [-0.2, -0.15) is 18.4 Å². The van der Waals surface area contributed by atoms with Gasteiger partial charge in [-0.1, -0.05) is 11.6 Å². The van der Waals surface area contributed by atoms with Gasteiger partial charge in [0.05, 0.1) is 27.7 Å². The molecule has 160 valence electrons. The van der Waals surface area contributed by atoms with Crippen LogP contribution >= 0.6 is 11.6 Å². The Bertz CT molecular complexity index is 1350. The molecule has 5 nitrogen and oxygen atoms in total.